The standard InChI is InChI=1S/C21H21N3O3/c1-2-27-21(25)16-9-7-15(8-10-16)19-17-5-3-4-6-18(17)20(23-22-19)24-11-13-26-14-12-24/h3-10H,2,11-14H2,1H3. The Morgan fingerprint density at radius 2 is 1.74 bits per heavy atom. The Kier molecular flexibility index (Phi) is 4.98. The highest BCUT2D eigenvalue weighted by Crippen LogP contribution is 2.31. The molecule has 0 atom stereocenters. The van der Waals surface area contributed by atoms with Gasteiger partial charge in [0.15, 0.2) is 5.82 Å². The van der Waals surface area contributed by atoms with Crippen molar-refractivity contribution < 1.29 is 14.3 Å². The number of nitrogens with zero attached hydrogens (tertiary/aromatic N) is 3. The molecule has 27 heavy (non-hydrogen) atoms. The van der Waals surface area contributed by atoms with E-state index in [4.69, 9.17) is 9.47 Å². The van der Waals surface area contributed by atoms with E-state index in [0.29, 0.717) is 25.4 Å². The third kappa shape index (κ3) is 3.48. The van der Waals surface area contributed by atoms with E-state index in [-0.39, 0.29) is 5.97 Å². The number of ether oxygens (including phenoxy) is 2. The molecule has 4 rings (SSSR count). The third-order valence-corrected chi connectivity index (χ3v) is 4.65. The molecule has 138 valence electrons. The maximum absolute atomic E-state index is 11.9. The average Bonchev–Trinajstić information content (AvgIpc) is 2.74. The Bertz CT molecular complexity index is 951. The summed E-state index contributed by atoms with van der Waals surface area (Å²) in [5.74, 6) is 0.573. The number of hydrogen-bond acceptors (Lipinski definition) is 6. The number of hydrogen-bond donors (Lipinski definition) is 0. The second kappa shape index (κ2) is 7.72. The number of fused-ring (bicyclic) bond motifs is 1. The SMILES string of the molecule is CCOC(=O)c1ccc(-c2nnc(N3CCOCC3)c3ccccc23)cc1. The van der Waals surface area contributed by atoms with Crippen molar-refractivity contribution in [3.8, 4) is 11.3 Å². The van der Waals surface area contributed by atoms with Crippen LogP contribution in [0.5, 0.6) is 0 Å². The lowest BCUT2D eigenvalue weighted by Crippen LogP contribution is -2.37. The monoisotopic (exact) mass is 363 g/mol. The molecule has 0 amide bonds. The van der Waals surface area contributed by atoms with Crippen molar-refractivity contribution in [3.63, 3.8) is 0 Å². The lowest BCUT2D eigenvalue weighted by Gasteiger charge is -2.28. The highest BCUT2D eigenvalue weighted by molar-refractivity contribution is 6.00. The fraction of sp³-hybridized carbons (Fsp3) is 0.286. The molecule has 6 heteroatoms. The summed E-state index contributed by atoms with van der Waals surface area (Å²) < 4.78 is 10.5. The third-order valence-electron chi connectivity index (χ3n) is 4.65. The number of benzene rings is 2. The predicted octanol–water partition coefficient (Wildman–Crippen LogP) is 3.31. The average molecular weight is 363 g/mol. The van der Waals surface area contributed by atoms with Gasteiger partial charge in [-0.05, 0) is 19.1 Å². The van der Waals surface area contributed by atoms with Crippen LogP contribution in [0, 0.1) is 0 Å². The van der Waals surface area contributed by atoms with Gasteiger partial charge >= 0.3 is 5.97 Å². The summed E-state index contributed by atoms with van der Waals surface area (Å²) in [4.78, 5) is 14.1. The fourth-order valence-corrected chi connectivity index (χ4v) is 3.29. The highest BCUT2D eigenvalue weighted by Gasteiger charge is 2.18. The van der Waals surface area contributed by atoms with Crippen molar-refractivity contribution in [2.24, 2.45) is 0 Å². The van der Waals surface area contributed by atoms with Crippen LogP contribution in [0.4, 0.5) is 5.82 Å². The van der Waals surface area contributed by atoms with Gasteiger partial charge in [-0.1, -0.05) is 36.4 Å². The molecule has 0 spiro atoms. The van der Waals surface area contributed by atoms with Crippen LogP contribution >= 0.6 is 0 Å². The van der Waals surface area contributed by atoms with Gasteiger partial charge in [-0.25, -0.2) is 4.79 Å². The molecular weight excluding hydrogens is 342 g/mol. The smallest absolute Gasteiger partial charge is 0.338 e. The lowest BCUT2D eigenvalue weighted by atomic mass is 10.0. The number of anilines is 1. The molecule has 1 aliphatic rings. The maximum atomic E-state index is 11.9. The van der Waals surface area contributed by atoms with E-state index in [0.717, 1.165) is 40.9 Å². The molecule has 1 aliphatic heterocycles. The summed E-state index contributed by atoms with van der Waals surface area (Å²) in [7, 11) is 0. The van der Waals surface area contributed by atoms with E-state index in [1.807, 2.05) is 24.3 Å². The van der Waals surface area contributed by atoms with Gasteiger partial charge in [-0.2, -0.15) is 0 Å². The topological polar surface area (TPSA) is 64.5 Å². The molecule has 1 aromatic heterocycles. The molecular formula is C21H21N3O3. The van der Waals surface area contributed by atoms with E-state index in [1.54, 1.807) is 19.1 Å². The van der Waals surface area contributed by atoms with Crippen LogP contribution in [0.15, 0.2) is 48.5 Å². The van der Waals surface area contributed by atoms with E-state index in [2.05, 4.69) is 27.2 Å². The highest BCUT2D eigenvalue weighted by atomic mass is 16.5. The van der Waals surface area contributed by atoms with Crippen molar-refractivity contribution in [1.82, 2.24) is 10.2 Å². The molecule has 0 aliphatic carbocycles. The zero-order valence-electron chi connectivity index (χ0n) is 15.2. The molecule has 0 saturated carbocycles. The fourth-order valence-electron chi connectivity index (χ4n) is 3.29. The summed E-state index contributed by atoms with van der Waals surface area (Å²) in [5.41, 5.74) is 2.25. The molecule has 1 fully saturated rings. The van der Waals surface area contributed by atoms with Gasteiger partial charge in [-0.15, -0.1) is 10.2 Å². The minimum atomic E-state index is -0.317. The van der Waals surface area contributed by atoms with Gasteiger partial charge in [0.2, 0.25) is 0 Å². The van der Waals surface area contributed by atoms with Crippen LogP contribution in [0.25, 0.3) is 22.0 Å². The van der Waals surface area contributed by atoms with E-state index >= 15 is 0 Å². The first-order valence-corrected chi connectivity index (χ1v) is 9.13. The zero-order chi connectivity index (χ0) is 18.6. The summed E-state index contributed by atoms with van der Waals surface area (Å²) in [5, 5.41) is 11.1. The predicted molar refractivity (Wildman–Crippen MR) is 104 cm³/mol. The van der Waals surface area contributed by atoms with E-state index < -0.39 is 0 Å². The molecule has 2 aromatic carbocycles. The van der Waals surface area contributed by atoms with Crippen LogP contribution < -0.4 is 4.90 Å². The van der Waals surface area contributed by atoms with Crippen LogP contribution in [-0.4, -0.2) is 49.1 Å². The Morgan fingerprint density at radius 1 is 1.04 bits per heavy atom. The Hall–Kier alpha value is -2.99. The largest absolute Gasteiger partial charge is 0.462 e. The first-order valence-electron chi connectivity index (χ1n) is 9.13. The number of carbonyl (C=O) groups excluding carboxylic acids is 1. The van der Waals surface area contributed by atoms with Crippen molar-refractivity contribution in [2.45, 2.75) is 6.92 Å². The summed E-state index contributed by atoms with van der Waals surface area (Å²) in [6, 6.07) is 15.5. The quantitative estimate of drug-likeness (QED) is 0.663. The summed E-state index contributed by atoms with van der Waals surface area (Å²) >= 11 is 0. The van der Waals surface area contributed by atoms with Gasteiger partial charge in [0.25, 0.3) is 0 Å². The molecule has 1 saturated heterocycles. The van der Waals surface area contributed by atoms with Crippen molar-refractivity contribution in [1.29, 1.82) is 0 Å². The number of esters is 1. The minimum absolute atomic E-state index is 0.317. The lowest BCUT2D eigenvalue weighted by molar-refractivity contribution is 0.0526. The number of carbonyl (C=O) groups is 1. The van der Waals surface area contributed by atoms with Crippen LogP contribution in [-0.2, 0) is 9.47 Å². The molecule has 0 unspecified atom stereocenters. The van der Waals surface area contributed by atoms with E-state index in [9.17, 15) is 4.79 Å². The van der Waals surface area contributed by atoms with Crippen LogP contribution in [0.3, 0.4) is 0 Å². The van der Waals surface area contributed by atoms with Crippen LogP contribution in [0.1, 0.15) is 17.3 Å². The Balaban J connectivity index is 1.73. The van der Waals surface area contributed by atoms with Gasteiger partial charge in [0, 0.05) is 29.4 Å². The molecule has 0 N–H and O–H groups in total. The minimum Gasteiger partial charge on any atom is -0.462 e. The van der Waals surface area contributed by atoms with Crippen molar-refractivity contribution >= 4 is 22.6 Å². The second-order valence-electron chi connectivity index (χ2n) is 6.32. The summed E-state index contributed by atoms with van der Waals surface area (Å²) in [6.45, 7) is 5.18. The summed E-state index contributed by atoms with van der Waals surface area (Å²) in [6.07, 6.45) is 0. The molecule has 3 aromatic rings. The molecule has 2 heterocycles. The molecule has 0 radical (unpaired) electrons. The van der Waals surface area contributed by atoms with Gasteiger partial charge in [0.1, 0.15) is 5.69 Å². The zero-order valence-corrected chi connectivity index (χ0v) is 15.2. The normalized spacial score (nSPS) is 14.3. The first-order chi connectivity index (χ1) is 13.3. The van der Waals surface area contributed by atoms with Gasteiger partial charge in [-0.3, -0.25) is 0 Å². The Morgan fingerprint density at radius 3 is 2.44 bits per heavy atom. The molecule has 0 bridgehead atoms. The second-order valence-corrected chi connectivity index (χ2v) is 6.32. The van der Waals surface area contributed by atoms with Crippen molar-refractivity contribution in [3.05, 3.63) is 54.1 Å². The van der Waals surface area contributed by atoms with Gasteiger partial charge < -0.3 is 14.4 Å². The van der Waals surface area contributed by atoms with Crippen molar-refractivity contribution in [2.75, 3.05) is 37.8 Å². The van der Waals surface area contributed by atoms with E-state index in [1.165, 1.54) is 0 Å². The van der Waals surface area contributed by atoms with Gasteiger partial charge in [0.05, 0.1) is 25.4 Å². The Labute approximate surface area is 157 Å². The number of aromatic nitrogens is 2. The van der Waals surface area contributed by atoms with Crippen LogP contribution in [0.2, 0.25) is 0 Å². The maximum Gasteiger partial charge on any atom is 0.338 e. The molecule has 6 nitrogen and oxygen atoms in total. The number of morpholine rings is 1. The number of rotatable bonds is 4. The first kappa shape index (κ1) is 17.4.